The molecule has 0 unspecified atom stereocenters. The summed E-state index contributed by atoms with van der Waals surface area (Å²) in [7, 11) is 0.414. The summed E-state index contributed by atoms with van der Waals surface area (Å²) in [6.07, 6.45) is 4.07. The lowest BCUT2D eigenvalue weighted by Gasteiger charge is -2.14. The van der Waals surface area contributed by atoms with E-state index in [0.717, 1.165) is 59.2 Å². The lowest BCUT2D eigenvalue weighted by atomic mass is 9.98. The van der Waals surface area contributed by atoms with E-state index >= 15 is 0 Å². The van der Waals surface area contributed by atoms with Gasteiger partial charge in [-0.1, -0.05) is 55.8 Å². The Labute approximate surface area is 212 Å². The number of carbonyl (C=O) groups is 1. The number of nitrogens with one attached hydrogen (secondary N) is 1. The predicted octanol–water partition coefficient (Wildman–Crippen LogP) is 4.85. The zero-order valence-electron chi connectivity index (χ0n) is 21.2. The van der Waals surface area contributed by atoms with Crippen molar-refractivity contribution in [3.63, 3.8) is 0 Å². The van der Waals surface area contributed by atoms with Crippen molar-refractivity contribution in [3.05, 3.63) is 83.7 Å². The Balaban J connectivity index is 1.67. The van der Waals surface area contributed by atoms with E-state index in [1.165, 1.54) is 0 Å². The highest BCUT2D eigenvalue weighted by molar-refractivity contribution is 7.89. The third-order valence-electron chi connectivity index (χ3n) is 6.14. The Hall–Kier alpha value is -3.65. The van der Waals surface area contributed by atoms with E-state index in [4.69, 9.17) is 4.98 Å². The number of hydrogen-bond acceptors (Lipinski definition) is 5. The largest absolute Gasteiger partial charge is 0.378 e. The maximum Gasteiger partial charge on any atom is 0.265 e. The van der Waals surface area contributed by atoms with E-state index in [2.05, 4.69) is 39.3 Å². The fourth-order valence-corrected chi connectivity index (χ4v) is 4.72. The topological polar surface area (TPSA) is 84.3 Å². The monoisotopic (exact) mass is 504 g/mol. The van der Waals surface area contributed by atoms with Crippen LogP contribution in [0, 0.1) is 0 Å². The number of benzene rings is 3. The van der Waals surface area contributed by atoms with Crippen molar-refractivity contribution in [2.45, 2.75) is 32.7 Å². The van der Waals surface area contributed by atoms with Gasteiger partial charge in [-0.2, -0.15) is 0 Å². The standard InChI is InChI=1S/C28H32N4O3S/c1-5-6-11-27-29-25-17-16-22(31(2)3)18-26(25)32(27)19-20-12-14-21(15-13-20)23-9-7-8-10-24(23)28(33)30-36(4,34)35/h7-10,12-18H,5-6,11,19H2,1-4H3,(H,30,33). The van der Waals surface area contributed by atoms with E-state index in [1.807, 2.05) is 50.5 Å². The number of nitrogens with zero attached hydrogens (tertiary/aromatic N) is 3. The first kappa shape index (κ1) is 25.4. The molecule has 0 aliphatic carbocycles. The number of unbranched alkanes of at least 4 members (excludes halogenated alkanes) is 1. The Morgan fingerprint density at radius 1 is 1.03 bits per heavy atom. The lowest BCUT2D eigenvalue weighted by molar-refractivity contribution is 0.0982. The van der Waals surface area contributed by atoms with Gasteiger partial charge in [-0.15, -0.1) is 0 Å². The van der Waals surface area contributed by atoms with Crippen LogP contribution in [0.2, 0.25) is 0 Å². The van der Waals surface area contributed by atoms with Gasteiger partial charge in [0.2, 0.25) is 10.0 Å². The molecule has 36 heavy (non-hydrogen) atoms. The van der Waals surface area contributed by atoms with Gasteiger partial charge >= 0.3 is 0 Å². The van der Waals surface area contributed by atoms with Crippen molar-refractivity contribution in [2.75, 3.05) is 25.3 Å². The molecule has 188 valence electrons. The highest BCUT2D eigenvalue weighted by atomic mass is 32.2. The van der Waals surface area contributed by atoms with Gasteiger partial charge in [0.15, 0.2) is 0 Å². The van der Waals surface area contributed by atoms with E-state index in [9.17, 15) is 13.2 Å². The van der Waals surface area contributed by atoms with Crippen LogP contribution in [0.15, 0.2) is 66.7 Å². The summed E-state index contributed by atoms with van der Waals surface area (Å²) < 4.78 is 27.5. The molecule has 1 heterocycles. The smallest absolute Gasteiger partial charge is 0.265 e. The molecule has 0 saturated heterocycles. The maximum atomic E-state index is 12.6. The average Bonchev–Trinajstić information content (AvgIpc) is 3.18. The Kier molecular flexibility index (Phi) is 7.45. The molecule has 0 bridgehead atoms. The zero-order valence-corrected chi connectivity index (χ0v) is 22.0. The van der Waals surface area contributed by atoms with Crippen LogP contribution < -0.4 is 9.62 Å². The summed E-state index contributed by atoms with van der Waals surface area (Å²) in [5.41, 5.74) is 6.18. The number of sulfonamides is 1. The van der Waals surface area contributed by atoms with Crippen molar-refractivity contribution < 1.29 is 13.2 Å². The van der Waals surface area contributed by atoms with Crippen LogP contribution in [0.3, 0.4) is 0 Å². The van der Waals surface area contributed by atoms with Crippen LogP contribution in [0.5, 0.6) is 0 Å². The number of carbonyl (C=O) groups excluding carboxylic acids is 1. The van der Waals surface area contributed by atoms with Crippen molar-refractivity contribution in [3.8, 4) is 11.1 Å². The van der Waals surface area contributed by atoms with Gasteiger partial charge in [0.05, 0.1) is 17.3 Å². The lowest BCUT2D eigenvalue weighted by Crippen LogP contribution is -2.29. The number of hydrogen-bond donors (Lipinski definition) is 1. The first-order valence-electron chi connectivity index (χ1n) is 12.0. The number of imidazole rings is 1. The Morgan fingerprint density at radius 3 is 2.42 bits per heavy atom. The molecular formula is C28H32N4O3S. The highest BCUT2D eigenvalue weighted by Crippen LogP contribution is 2.27. The summed E-state index contributed by atoms with van der Waals surface area (Å²) in [6, 6.07) is 21.4. The minimum absolute atomic E-state index is 0.314. The molecule has 4 aromatic rings. The Morgan fingerprint density at radius 2 is 1.75 bits per heavy atom. The van der Waals surface area contributed by atoms with Gasteiger partial charge in [0, 0.05) is 38.3 Å². The fraction of sp³-hybridized carbons (Fsp3) is 0.286. The number of rotatable bonds is 9. The molecule has 7 nitrogen and oxygen atoms in total. The molecule has 0 aliphatic rings. The molecule has 1 aromatic heterocycles. The molecule has 3 aromatic carbocycles. The molecule has 0 radical (unpaired) electrons. The predicted molar refractivity (Wildman–Crippen MR) is 146 cm³/mol. The first-order chi connectivity index (χ1) is 17.2. The summed E-state index contributed by atoms with van der Waals surface area (Å²) >= 11 is 0. The fourth-order valence-electron chi connectivity index (χ4n) is 4.27. The summed E-state index contributed by atoms with van der Waals surface area (Å²) in [4.78, 5) is 19.6. The summed E-state index contributed by atoms with van der Waals surface area (Å²) in [5.74, 6) is 0.439. The minimum Gasteiger partial charge on any atom is -0.378 e. The van der Waals surface area contributed by atoms with Crippen LogP contribution in [0.1, 0.15) is 41.5 Å². The molecule has 0 atom stereocenters. The van der Waals surface area contributed by atoms with Crippen LogP contribution in [0.25, 0.3) is 22.2 Å². The minimum atomic E-state index is -3.65. The third-order valence-corrected chi connectivity index (χ3v) is 6.69. The average molecular weight is 505 g/mol. The van der Waals surface area contributed by atoms with Crippen LogP contribution in [0.4, 0.5) is 5.69 Å². The summed E-state index contributed by atoms with van der Waals surface area (Å²) in [6.45, 7) is 2.87. The zero-order chi connectivity index (χ0) is 25.9. The van der Waals surface area contributed by atoms with Gasteiger partial charge in [-0.05, 0) is 47.4 Å². The van der Waals surface area contributed by atoms with Gasteiger partial charge in [0.25, 0.3) is 5.91 Å². The number of aryl methyl sites for hydroxylation is 1. The second-order valence-electron chi connectivity index (χ2n) is 9.23. The number of anilines is 1. The van der Waals surface area contributed by atoms with Gasteiger partial charge < -0.3 is 9.47 Å². The molecule has 0 saturated carbocycles. The van der Waals surface area contributed by atoms with Crippen molar-refractivity contribution >= 4 is 32.7 Å². The number of fused-ring (bicyclic) bond motifs is 1. The van der Waals surface area contributed by atoms with E-state index in [1.54, 1.807) is 12.1 Å². The van der Waals surface area contributed by atoms with Gasteiger partial charge in [0.1, 0.15) is 5.82 Å². The first-order valence-corrected chi connectivity index (χ1v) is 13.9. The van der Waals surface area contributed by atoms with Crippen LogP contribution in [-0.2, 0) is 23.0 Å². The second kappa shape index (κ2) is 10.5. The molecule has 0 aliphatic heterocycles. The molecule has 4 rings (SSSR count). The molecule has 0 spiro atoms. The molecular weight excluding hydrogens is 472 g/mol. The van der Waals surface area contributed by atoms with Crippen LogP contribution >= 0.6 is 0 Å². The van der Waals surface area contributed by atoms with Crippen molar-refractivity contribution in [1.82, 2.24) is 14.3 Å². The van der Waals surface area contributed by atoms with E-state index in [-0.39, 0.29) is 0 Å². The van der Waals surface area contributed by atoms with Crippen molar-refractivity contribution in [2.24, 2.45) is 0 Å². The second-order valence-corrected chi connectivity index (χ2v) is 11.0. The maximum absolute atomic E-state index is 12.6. The number of aromatic nitrogens is 2. The van der Waals surface area contributed by atoms with E-state index in [0.29, 0.717) is 17.7 Å². The highest BCUT2D eigenvalue weighted by Gasteiger charge is 2.16. The van der Waals surface area contributed by atoms with Crippen LogP contribution in [-0.4, -0.2) is 44.2 Å². The van der Waals surface area contributed by atoms with Gasteiger partial charge in [-0.25, -0.2) is 18.1 Å². The normalized spacial score (nSPS) is 11.6. The Bertz CT molecular complexity index is 1490. The van der Waals surface area contributed by atoms with Crippen molar-refractivity contribution in [1.29, 1.82) is 0 Å². The SMILES string of the molecule is CCCCc1nc2ccc(N(C)C)cc2n1Cc1ccc(-c2ccccc2C(=O)NS(C)(=O)=O)cc1. The third kappa shape index (κ3) is 5.76. The molecule has 1 amide bonds. The molecule has 8 heteroatoms. The molecule has 0 fully saturated rings. The number of amides is 1. The molecule has 1 N–H and O–H groups in total. The quantitative estimate of drug-likeness (QED) is 0.352. The summed E-state index contributed by atoms with van der Waals surface area (Å²) in [5, 5.41) is 0. The van der Waals surface area contributed by atoms with E-state index < -0.39 is 15.9 Å². The van der Waals surface area contributed by atoms with Gasteiger partial charge in [-0.3, -0.25) is 4.79 Å².